The molecule has 0 unspecified atom stereocenters. The second kappa shape index (κ2) is 8.32. The summed E-state index contributed by atoms with van der Waals surface area (Å²) in [5, 5.41) is 2.63. The standard InChI is InChI=1S/C16H17F3N4O2/c1-23(10-12-4-7-20-8-5-12)15(24)22-9-13-3-2-6-21-14(13)25-11-16(17,18)19/h2-8H,9-11H2,1H3,(H,22,24). The molecule has 2 rings (SSSR count). The fourth-order valence-electron chi connectivity index (χ4n) is 1.98. The number of pyridine rings is 2. The van der Waals surface area contributed by atoms with E-state index in [1.165, 1.54) is 11.1 Å². The van der Waals surface area contributed by atoms with Crippen LogP contribution in [-0.2, 0) is 13.1 Å². The third-order valence-corrected chi connectivity index (χ3v) is 3.17. The van der Waals surface area contributed by atoms with Gasteiger partial charge in [-0.15, -0.1) is 0 Å². The van der Waals surface area contributed by atoms with Crippen LogP contribution in [0.5, 0.6) is 5.88 Å². The zero-order valence-electron chi connectivity index (χ0n) is 13.5. The normalized spacial score (nSPS) is 11.0. The lowest BCUT2D eigenvalue weighted by Crippen LogP contribution is -2.36. The Bertz CT molecular complexity index is 695. The highest BCUT2D eigenvalue weighted by molar-refractivity contribution is 5.73. The zero-order chi connectivity index (χ0) is 18.3. The Morgan fingerprint density at radius 2 is 1.96 bits per heavy atom. The number of hydrogen-bond donors (Lipinski definition) is 1. The molecule has 0 bridgehead atoms. The first kappa shape index (κ1) is 18.5. The molecular formula is C16H17F3N4O2. The van der Waals surface area contributed by atoms with E-state index in [4.69, 9.17) is 0 Å². The molecule has 0 aliphatic carbocycles. The number of carbonyl (C=O) groups excluding carboxylic acids is 1. The van der Waals surface area contributed by atoms with E-state index in [1.807, 2.05) is 0 Å². The second-order valence-electron chi connectivity index (χ2n) is 5.24. The number of rotatable bonds is 6. The second-order valence-corrected chi connectivity index (χ2v) is 5.24. The van der Waals surface area contributed by atoms with Crippen molar-refractivity contribution in [1.29, 1.82) is 0 Å². The van der Waals surface area contributed by atoms with Gasteiger partial charge in [0.2, 0.25) is 5.88 Å². The van der Waals surface area contributed by atoms with Gasteiger partial charge < -0.3 is 15.0 Å². The lowest BCUT2D eigenvalue weighted by Gasteiger charge is -2.18. The van der Waals surface area contributed by atoms with E-state index in [0.717, 1.165) is 5.56 Å². The molecule has 2 amide bonds. The fourth-order valence-corrected chi connectivity index (χ4v) is 1.98. The van der Waals surface area contributed by atoms with Crippen LogP contribution >= 0.6 is 0 Å². The molecule has 25 heavy (non-hydrogen) atoms. The number of amides is 2. The summed E-state index contributed by atoms with van der Waals surface area (Å²) in [6.45, 7) is -1.06. The van der Waals surface area contributed by atoms with Gasteiger partial charge in [0.15, 0.2) is 6.61 Å². The quantitative estimate of drug-likeness (QED) is 0.866. The van der Waals surface area contributed by atoms with Crippen LogP contribution < -0.4 is 10.1 Å². The number of ether oxygens (including phenoxy) is 1. The average molecular weight is 354 g/mol. The summed E-state index contributed by atoms with van der Waals surface area (Å²) in [7, 11) is 1.61. The number of nitrogens with one attached hydrogen (secondary N) is 1. The maximum atomic E-state index is 12.3. The maximum absolute atomic E-state index is 12.3. The van der Waals surface area contributed by atoms with Gasteiger partial charge in [-0.2, -0.15) is 13.2 Å². The molecule has 0 saturated carbocycles. The van der Waals surface area contributed by atoms with Crippen LogP contribution in [0.3, 0.4) is 0 Å². The van der Waals surface area contributed by atoms with Crippen molar-refractivity contribution in [2.24, 2.45) is 0 Å². The third-order valence-electron chi connectivity index (χ3n) is 3.17. The molecule has 0 atom stereocenters. The first-order chi connectivity index (χ1) is 11.8. The summed E-state index contributed by atoms with van der Waals surface area (Å²) in [4.78, 5) is 21.2. The monoisotopic (exact) mass is 354 g/mol. The molecule has 2 aromatic heterocycles. The van der Waals surface area contributed by atoms with E-state index in [2.05, 4.69) is 20.0 Å². The van der Waals surface area contributed by atoms with E-state index in [0.29, 0.717) is 12.1 Å². The largest absolute Gasteiger partial charge is 0.468 e. The van der Waals surface area contributed by atoms with Crippen molar-refractivity contribution < 1.29 is 22.7 Å². The summed E-state index contributed by atoms with van der Waals surface area (Å²) in [6, 6.07) is 6.30. The van der Waals surface area contributed by atoms with E-state index < -0.39 is 12.8 Å². The Labute approximate surface area is 142 Å². The van der Waals surface area contributed by atoms with Gasteiger partial charge in [0.05, 0.1) is 0 Å². The molecule has 0 radical (unpaired) electrons. The highest BCUT2D eigenvalue weighted by Crippen LogP contribution is 2.19. The van der Waals surface area contributed by atoms with Crippen molar-refractivity contribution in [2.75, 3.05) is 13.7 Å². The molecule has 2 aromatic rings. The Morgan fingerprint density at radius 1 is 1.24 bits per heavy atom. The summed E-state index contributed by atoms with van der Waals surface area (Å²) < 4.78 is 41.5. The Hall–Kier alpha value is -2.84. The van der Waals surface area contributed by atoms with Gasteiger partial charge >= 0.3 is 12.2 Å². The predicted octanol–water partition coefficient (Wildman–Crippen LogP) is 2.76. The Kier molecular flexibility index (Phi) is 6.15. The first-order valence-electron chi connectivity index (χ1n) is 7.36. The van der Waals surface area contributed by atoms with Crippen molar-refractivity contribution in [2.45, 2.75) is 19.3 Å². The third kappa shape index (κ3) is 6.28. The first-order valence-corrected chi connectivity index (χ1v) is 7.36. The molecule has 0 aromatic carbocycles. The Balaban J connectivity index is 1.91. The highest BCUT2D eigenvalue weighted by Gasteiger charge is 2.29. The topological polar surface area (TPSA) is 67.4 Å². The fraction of sp³-hybridized carbons (Fsp3) is 0.312. The minimum Gasteiger partial charge on any atom is -0.468 e. The van der Waals surface area contributed by atoms with Gasteiger partial charge in [0.25, 0.3) is 0 Å². The van der Waals surface area contributed by atoms with Crippen molar-refractivity contribution in [3.63, 3.8) is 0 Å². The molecule has 134 valence electrons. The number of hydrogen-bond acceptors (Lipinski definition) is 4. The summed E-state index contributed by atoms with van der Waals surface area (Å²) in [5.74, 6) is -0.156. The molecule has 2 heterocycles. The predicted molar refractivity (Wildman–Crippen MR) is 83.7 cm³/mol. The minimum absolute atomic E-state index is 0.000545. The van der Waals surface area contributed by atoms with Crippen LogP contribution in [-0.4, -0.2) is 40.7 Å². The SMILES string of the molecule is CN(Cc1ccncc1)C(=O)NCc1cccnc1OCC(F)(F)F. The maximum Gasteiger partial charge on any atom is 0.422 e. The average Bonchev–Trinajstić information content (AvgIpc) is 2.58. The molecular weight excluding hydrogens is 337 g/mol. The molecule has 0 aliphatic heterocycles. The number of carbonyl (C=O) groups is 1. The van der Waals surface area contributed by atoms with Gasteiger partial charge in [-0.05, 0) is 23.8 Å². The Morgan fingerprint density at radius 3 is 2.64 bits per heavy atom. The number of nitrogens with zero attached hydrogens (tertiary/aromatic N) is 3. The summed E-state index contributed by atoms with van der Waals surface area (Å²) in [5.41, 5.74) is 1.26. The molecule has 0 spiro atoms. The highest BCUT2D eigenvalue weighted by atomic mass is 19.4. The van der Waals surface area contributed by atoms with Crippen LogP contribution in [0, 0.1) is 0 Å². The van der Waals surface area contributed by atoms with E-state index in [1.54, 1.807) is 43.7 Å². The van der Waals surface area contributed by atoms with Crippen molar-refractivity contribution >= 4 is 6.03 Å². The molecule has 0 fully saturated rings. The number of aromatic nitrogens is 2. The molecule has 0 saturated heterocycles. The summed E-state index contributed by atoms with van der Waals surface area (Å²) >= 11 is 0. The van der Waals surface area contributed by atoms with Crippen molar-refractivity contribution in [1.82, 2.24) is 20.2 Å². The lowest BCUT2D eigenvalue weighted by atomic mass is 10.2. The minimum atomic E-state index is -4.46. The number of alkyl halides is 3. The molecule has 6 nitrogen and oxygen atoms in total. The van der Waals surface area contributed by atoms with Crippen LogP contribution in [0.4, 0.5) is 18.0 Å². The smallest absolute Gasteiger partial charge is 0.422 e. The molecule has 1 N–H and O–H groups in total. The van der Waals surface area contributed by atoms with Crippen molar-refractivity contribution in [3.05, 3.63) is 54.0 Å². The summed E-state index contributed by atoms with van der Waals surface area (Å²) in [6.07, 6.45) is 0.122. The van der Waals surface area contributed by atoms with Gasteiger partial charge in [0, 0.05) is 44.3 Å². The van der Waals surface area contributed by atoms with E-state index >= 15 is 0 Å². The van der Waals surface area contributed by atoms with E-state index in [-0.39, 0.29) is 18.5 Å². The number of urea groups is 1. The number of halogens is 3. The van der Waals surface area contributed by atoms with E-state index in [9.17, 15) is 18.0 Å². The van der Waals surface area contributed by atoms with Crippen LogP contribution in [0.2, 0.25) is 0 Å². The van der Waals surface area contributed by atoms with Crippen molar-refractivity contribution in [3.8, 4) is 5.88 Å². The van der Waals surface area contributed by atoms with Gasteiger partial charge in [-0.3, -0.25) is 4.98 Å². The van der Waals surface area contributed by atoms with Crippen LogP contribution in [0.1, 0.15) is 11.1 Å². The van der Waals surface area contributed by atoms with Crippen LogP contribution in [0.15, 0.2) is 42.9 Å². The van der Waals surface area contributed by atoms with Gasteiger partial charge in [-0.1, -0.05) is 6.07 Å². The lowest BCUT2D eigenvalue weighted by molar-refractivity contribution is -0.154. The zero-order valence-corrected chi connectivity index (χ0v) is 13.5. The van der Waals surface area contributed by atoms with Gasteiger partial charge in [-0.25, -0.2) is 9.78 Å². The van der Waals surface area contributed by atoms with Crippen LogP contribution in [0.25, 0.3) is 0 Å². The molecule has 0 aliphatic rings. The molecule has 9 heteroatoms. The van der Waals surface area contributed by atoms with Gasteiger partial charge in [0.1, 0.15) is 0 Å².